The van der Waals surface area contributed by atoms with Gasteiger partial charge in [-0.3, -0.25) is 9.59 Å². The van der Waals surface area contributed by atoms with E-state index in [4.69, 9.17) is 5.11 Å². The fraction of sp³-hybridized carbons (Fsp3) is 0.269. The molecule has 0 aliphatic carbocycles. The minimum atomic E-state index is -1.05. The number of carboxylic acids is 1. The summed E-state index contributed by atoms with van der Waals surface area (Å²) in [6.45, 7) is 4.16. The summed E-state index contributed by atoms with van der Waals surface area (Å²) in [6, 6.07) is 7.50. The predicted octanol–water partition coefficient (Wildman–Crippen LogP) is 4.12. The van der Waals surface area contributed by atoms with Crippen LogP contribution < -0.4 is 20.9 Å². The lowest BCUT2D eigenvalue weighted by Crippen LogP contribution is -2.43. The molecule has 1 aromatic heterocycles. The molecule has 0 bridgehead atoms. The number of aryl methyl sites for hydroxylation is 1. The van der Waals surface area contributed by atoms with Gasteiger partial charge in [0.15, 0.2) is 5.82 Å². The van der Waals surface area contributed by atoms with E-state index in [-0.39, 0.29) is 37.2 Å². The van der Waals surface area contributed by atoms with Crippen LogP contribution in [0.1, 0.15) is 41.3 Å². The molecule has 2 heterocycles. The Morgan fingerprint density at radius 2 is 1.87 bits per heavy atom. The van der Waals surface area contributed by atoms with Gasteiger partial charge in [-0.05, 0) is 43.2 Å². The maximum Gasteiger partial charge on any atom is 0.328 e. The van der Waals surface area contributed by atoms with E-state index in [1.165, 1.54) is 6.07 Å². The maximum atomic E-state index is 14.8. The Morgan fingerprint density at radius 3 is 2.55 bits per heavy atom. The number of amides is 3. The first kappa shape index (κ1) is 26.5. The summed E-state index contributed by atoms with van der Waals surface area (Å²) in [5.41, 5.74) is 1.73. The summed E-state index contributed by atoms with van der Waals surface area (Å²) in [7, 11) is 0. The van der Waals surface area contributed by atoms with Crippen molar-refractivity contribution in [1.29, 1.82) is 0 Å². The highest BCUT2D eigenvalue weighted by Crippen LogP contribution is 2.39. The van der Waals surface area contributed by atoms with Gasteiger partial charge in [0.05, 0.1) is 18.7 Å². The molecule has 1 aliphatic rings. The number of para-hydroxylation sites is 1. The van der Waals surface area contributed by atoms with Crippen molar-refractivity contribution in [2.45, 2.75) is 33.2 Å². The van der Waals surface area contributed by atoms with Crippen LogP contribution in [-0.2, 0) is 11.3 Å². The number of nitrogens with zero attached hydrogens (tertiary/aromatic N) is 3. The molecule has 0 atom stereocenters. The van der Waals surface area contributed by atoms with E-state index in [0.717, 1.165) is 29.0 Å². The zero-order valence-electron chi connectivity index (χ0n) is 20.8. The molecule has 0 radical (unpaired) electrons. The predicted molar refractivity (Wildman–Crippen MR) is 136 cm³/mol. The van der Waals surface area contributed by atoms with Crippen molar-refractivity contribution < 1.29 is 28.3 Å². The molecule has 0 spiro atoms. The summed E-state index contributed by atoms with van der Waals surface area (Å²) in [6.07, 6.45) is 0.519. The van der Waals surface area contributed by atoms with E-state index in [0.29, 0.717) is 28.9 Å². The number of aliphatic carboxylic acids is 1. The molecular weight excluding hydrogens is 498 g/mol. The largest absolute Gasteiger partial charge is 0.481 e. The molecule has 3 aromatic rings. The Bertz CT molecular complexity index is 1390. The molecule has 0 fully saturated rings. The van der Waals surface area contributed by atoms with Crippen LogP contribution in [0, 0.1) is 18.6 Å². The Kier molecular flexibility index (Phi) is 7.79. The van der Waals surface area contributed by atoms with Crippen molar-refractivity contribution >= 4 is 35.4 Å². The molecule has 0 saturated carbocycles. The van der Waals surface area contributed by atoms with E-state index in [1.54, 1.807) is 18.2 Å². The van der Waals surface area contributed by atoms with E-state index >= 15 is 0 Å². The van der Waals surface area contributed by atoms with E-state index in [9.17, 15) is 23.2 Å². The van der Waals surface area contributed by atoms with Gasteiger partial charge in [-0.2, -0.15) is 4.98 Å². The third-order valence-electron chi connectivity index (χ3n) is 5.89. The molecule has 12 heteroatoms. The number of anilines is 3. The quantitative estimate of drug-likeness (QED) is 0.331. The van der Waals surface area contributed by atoms with Crippen LogP contribution in [-0.4, -0.2) is 46.1 Å². The SMILES string of the molecule is CCCNC(=O)c1ccc(C)c(-c2nc(NCCC(=O)O)nc3c2CNC(=O)N3c2c(F)cccc2F)c1. The lowest BCUT2D eigenvalue weighted by Gasteiger charge is -2.31. The first-order valence-electron chi connectivity index (χ1n) is 12.0. The van der Waals surface area contributed by atoms with E-state index in [2.05, 4.69) is 25.9 Å². The fourth-order valence-electron chi connectivity index (χ4n) is 4.01. The van der Waals surface area contributed by atoms with Crippen LogP contribution in [0.3, 0.4) is 0 Å². The number of benzene rings is 2. The molecule has 1 aliphatic heterocycles. The fourth-order valence-corrected chi connectivity index (χ4v) is 4.01. The van der Waals surface area contributed by atoms with E-state index in [1.807, 2.05) is 13.8 Å². The second-order valence-corrected chi connectivity index (χ2v) is 8.62. The summed E-state index contributed by atoms with van der Waals surface area (Å²) < 4.78 is 29.6. The highest BCUT2D eigenvalue weighted by molar-refractivity contribution is 6.02. The molecule has 38 heavy (non-hydrogen) atoms. The smallest absolute Gasteiger partial charge is 0.328 e. The minimum Gasteiger partial charge on any atom is -0.481 e. The summed E-state index contributed by atoms with van der Waals surface area (Å²) >= 11 is 0. The van der Waals surface area contributed by atoms with Crippen LogP contribution in [0.25, 0.3) is 11.3 Å². The maximum absolute atomic E-state index is 14.8. The van der Waals surface area contributed by atoms with Crippen LogP contribution in [0.5, 0.6) is 0 Å². The molecule has 4 N–H and O–H groups in total. The highest BCUT2D eigenvalue weighted by Gasteiger charge is 2.34. The highest BCUT2D eigenvalue weighted by atomic mass is 19.1. The van der Waals surface area contributed by atoms with Crippen molar-refractivity contribution in [3.8, 4) is 11.3 Å². The second kappa shape index (κ2) is 11.2. The molecule has 0 unspecified atom stereocenters. The van der Waals surface area contributed by atoms with Gasteiger partial charge in [-0.1, -0.05) is 19.1 Å². The summed E-state index contributed by atoms with van der Waals surface area (Å²) in [4.78, 5) is 46.3. The van der Waals surface area contributed by atoms with Crippen molar-refractivity contribution in [3.63, 3.8) is 0 Å². The minimum absolute atomic E-state index is 0.0355. The zero-order chi connectivity index (χ0) is 27.4. The van der Waals surface area contributed by atoms with Crippen LogP contribution in [0.4, 0.5) is 31.0 Å². The van der Waals surface area contributed by atoms with Crippen molar-refractivity contribution in [2.75, 3.05) is 23.3 Å². The van der Waals surface area contributed by atoms with Crippen LogP contribution in [0.2, 0.25) is 0 Å². The molecule has 10 nitrogen and oxygen atoms in total. The van der Waals surface area contributed by atoms with Gasteiger partial charge in [0.1, 0.15) is 17.3 Å². The summed E-state index contributed by atoms with van der Waals surface area (Å²) in [5, 5.41) is 17.3. The van der Waals surface area contributed by atoms with E-state index < -0.39 is 29.3 Å². The number of rotatable bonds is 9. The van der Waals surface area contributed by atoms with Gasteiger partial charge in [0, 0.05) is 29.8 Å². The standard InChI is InChI=1S/C26H26F2N6O4/c1-3-10-29-24(37)15-8-7-14(2)16(12-15)21-17-13-31-26(38)34(22-18(27)5-4-6-19(22)28)23(17)33-25(32-21)30-11-9-20(35)36/h4-8,12H,3,9-11,13H2,1-2H3,(H,29,37)(H,31,38)(H,35,36)(H,30,32,33). The Hall–Kier alpha value is -4.61. The first-order valence-corrected chi connectivity index (χ1v) is 12.0. The lowest BCUT2D eigenvalue weighted by molar-refractivity contribution is -0.136. The van der Waals surface area contributed by atoms with Crippen molar-refractivity contribution in [1.82, 2.24) is 20.6 Å². The van der Waals surface area contributed by atoms with Crippen LogP contribution >= 0.6 is 0 Å². The summed E-state index contributed by atoms with van der Waals surface area (Å²) in [5.74, 6) is -3.39. The zero-order valence-corrected chi connectivity index (χ0v) is 20.8. The number of carboxylic acid groups (broad SMARTS) is 1. The number of carbonyl (C=O) groups is 3. The molecular formula is C26H26F2N6O4. The number of hydrogen-bond acceptors (Lipinski definition) is 6. The molecule has 2 aromatic carbocycles. The number of carbonyl (C=O) groups excluding carboxylic acids is 2. The Morgan fingerprint density at radius 1 is 1.13 bits per heavy atom. The number of aromatic nitrogens is 2. The number of hydrogen-bond donors (Lipinski definition) is 4. The first-order chi connectivity index (χ1) is 18.2. The third-order valence-corrected chi connectivity index (χ3v) is 5.89. The number of fused-ring (bicyclic) bond motifs is 1. The van der Waals surface area contributed by atoms with Crippen molar-refractivity contribution in [2.24, 2.45) is 0 Å². The molecule has 4 rings (SSSR count). The Balaban J connectivity index is 1.91. The molecule has 198 valence electrons. The second-order valence-electron chi connectivity index (χ2n) is 8.62. The van der Waals surface area contributed by atoms with Crippen molar-refractivity contribution in [3.05, 3.63) is 64.7 Å². The van der Waals surface area contributed by atoms with Gasteiger partial charge in [0.2, 0.25) is 5.95 Å². The molecule has 3 amide bonds. The van der Waals surface area contributed by atoms with Gasteiger partial charge in [-0.25, -0.2) is 23.5 Å². The van der Waals surface area contributed by atoms with Gasteiger partial charge in [-0.15, -0.1) is 0 Å². The van der Waals surface area contributed by atoms with Gasteiger partial charge < -0.3 is 21.1 Å². The topological polar surface area (TPSA) is 137 Å². The number of urea groups is 1. The number of halogens is 2. The monoisotopic (exact) mass is 524 g/mol. The van der Waals surface area contributed by atoms with Gasteiger partial charge >= 0.3 is 12.0 Å². The Labute approximate surface area is 217 Å². The average Bonchev–Trinajstić information content (AvgIpc) is 2.88. The number of nitrogens with one attached hydrogen (secondary N) is 3. The lowest BCUT2D eigenvalue weighted by atomic mass is 9.97. The normalized spacial score (nSPS) is 12.5. The third kappa shape index (κ3) is 5.38. The van der Waals surface area contributed by atoms with Crippen LogP contribution in [0.15, 0.2) is 36.4 Å². The average molecular weight is 525 g/mol. The molecule has 0 saturated heterocycles. The van der Waals surface area contributed by atoms with Gasteiger partial charge in [0.25, 0.3) is 5.91 Å².